The molecule has 0 aliphatic heterocycles. The molecule has 2 aromatic rings. The van der Waals surface area contributed by atoms with Gasteiger partial charge in [0.15, 0.2) is 11.5 Å². The maximum Gasteiger partial charge on any atom is 0.242 e. The average molecular weight is 328 g/mol. The van der Waals surface area contributed by atoms with Crippen molar-refractivity contribution in [2.75, 3.05) is 28.3 Å². The Labute approximate surface area is 143 Å². The van der Waals surface area contributed by atoms with Gasteiger partial charge in [-0.3, -0.25) is 9.69 Å². The van der Waals surface area contributed by atoms with Crippen LogP contribution in [-0.2, 0) is 11.3 Å². The maximum atomic E-state index is 12.6. The number of nitrogens with zero attached hydrogens (tertiary/aromatic N) is 1. The van der Waals surface area contributed by atoms with E-state index in [0.29, 0.717) is 18.0 Å². The van der Waals surface area contributed by atoms with E-state index >= 15 is 0 Å². The molecule has 0 aliphatic rings. The van der Waals surface area contributed by atoms with Crippen molar-refractivity contribution in [3.05, 3.63) is 59.7 Å². The Morgan fingerprint density at radius 3 is 2.29 bits per heavy atom. The number of methoxy groups -OCH3 is 2. The van der Waals surface area contributed by atoms with Crippen LogP contribution in [0.5, 0.6) is 11.5 Å². The standard InChI is InChI=1S/C19H24N2O3/c1-21(2)18(15-8-6-5-7-9-15)19(22)20-13-14-10-11-16(23-3)17(12-14)24-4/h5-12,18H,13H2,1-4H3,(H,20,22). The SMILES string of the molecule is COc1ccc(CNC(=O)C(c2ccccc2)N(C)C)cc1OC. The van der Waals surface area contributed by atoms with Crippen LogP contribution in [0.25, 0.3) is 0 Å². The van der Waals surface area contributed by atoms with E-state index in [1.165, 1.54) is 0 Å². The van der Waals surface area contributed by atoms with Crippen LogP contribution in [0.3, 0.4) is 0 Å². The highest BCUT2D eigenvalue weighted by Gasteiger charge is 2.22. The molecule has 0 saturated carbocycles. The zero-order chi connectivity index (χ0) is 17.5. The molecule has 2 aromatic carbocycles. The lowest BCUT2D eigenvalue weighted by Gasteiger charge is -2.24. The van der Waals surface area contributed by atoms with E-state index in [2.05, 4.69) is 5.32 Å². The molecule has 0 spiro atoms. The van der Waals surface area contributed by atoms with E-state index in [4.69, 9.17) is 9.47 Å². The molecule has 1 atom stereocenters. The van der Waals surface area contributed by atoms with Gasteiger partial charge in [-0.1, -0.05) is 36.4 Å². The average Bonchev–Trinajstić information content (AvgIpc) is 2.60. The van der Waals surface area contributed by atoms with E-state index < -0.39 is 0 Å². The number of amides is 1. The zero-order valence-electron chi connectivity index (χ0n) is 14.6. The van der Waals surface area contributed by atoms with Crippen molar-refractivity contribution in [2.45, 2.75) is 12.6 Å². The summed E-state index contributed by atoms with van der Waals surface area (Å²) in [5.74, 6) is 1.28. The molecule has 5 nitrogen and oxygen atoms in total. The minimum atomic E-state index is -0.327. The van der Waals surface area contributed by atoms with E-state index in [1.54, 1.807) is 14.2 Å². The molecule has 0 heterocycles. The van der Waals surface area contributed by atoms with Crippen LogP contribution < -0.4 is 14.8 Å². The number of rotatable bonds is 7. The number of carbonyl (C=O) groups excluding carboxylic acids is 1. The monoisotopic (exact) mass is 328 g/mol. The van der Waals surface area contributed by atoms with Crippen LogP contribution >= 0.6 is 0 Å². The molecule has 1 unspecified atom stereocenters. The molecule has 5 heteroatoms. The molecule has 128 valence electrons. The maximum absolute atomic E-state index is 12.6. The Hall–Kier alpha value is -2.53. The zero-order valence-corrected chi connectivity index (χ0v) is 14.6. The largest absolute Gasteiger partial charge is 0.493 e. The van der Waals surface area contributed by atoms with Crippen molar-refractivity contribution < 1.29 is 14.3 Å². The van der Waals surface area contributed by atoms with Gasteiger partial charge in [-0.2, -0.15) is 0 Å². The summed E-state index contributed by atoms with van der Waals surface area (Å²) in [5, 5.41) is 2.99. The van der Waals surface area contributed by atoms with E-state index in [-0.39, 0.29) is 11.9 Å². The van der Waals surface area contributed by atoms with Crippen molar-refractivity contribution in [1.29, 1.82) is 0 Å². The third-order valence-corrected chi connectivity index (χ3v) is 3.79. The molecule has 1 N–H and O–H groups in total. The fourth-order valence-electron chi connectivity index (χ4n) is 2.60. The second-order valence-electron chi connectivity index (χ2n) is 5.68. The summed E-state index contributed by atoms with van der Waals surface area (Å²) in [6, 6.07) is 15.0. The molecular formula is C19H24N2O3. The molecule has 0 aliphatic carbocycles. The number of hydrogen-bond acceptors (Lipinski definition) is 4. The predicted molar refractivity (Wildman–Crippen MR) is 94.3 cm³/mol. The summed E-state index contributed by atoms with van der Waals surface area (Å²) in [6.07, 6.45) is 0. The smallest absolute Gasteiger partial charge is 0.242 e. The van der Waals surface area contributed by atoms with Crippen LogP contribution in [0, 0.1) is 0 Å². The highest BCUT2D eigenvalue weighted by Crippen LogP contribution is 2.27. The molecular weight excluding hydrogens is 304 g/mol. The lowest BCUT2D eigenvalue weighted by atomic mass is 10.1. The van der Waals surface area contributed by atoms with Crippen molar-refractivity contribution >= 4 is 5.91 Å². The van der Waals surface area contributed by atoms with E-state index in [9.17, 15) is 4.79 Å². The number of ether oxygens (including phenoxy) is 2. The summed E-state index contributed by atoms with van der Waals surface area (Å²) in [4.78, 5) is 14.5. The number of benzene rings is 2. The fourth-order valence-corrected chi connectivity index (χ4v) is 2.60. The highest BCUT2D eigenvalue weighted by atomic mass is 16.5. The van der Waals surface area contributed by atoms with Crippen LogP contribution in [0.1, 0.15) is 17.2 Å². The Morgan fingerprint density at radius 1 is 1.04 bits per heavy atom. The molecule has 24 heavy (non-hydrogen) atoms. The first-order valence-electron chi connectivity index (χ1n) is 7.76. The minimum absolute atomic E-state index is 0.0408. The molecule has 0 saturated heterocycles. The number of hydrogen-bond donors (Lipinski definition) is 1. The molecule has 2 rings (SSSR count). The number of carbonyl (C=O) groups is 1. The minimum Gasteiger partial charge on any atom is -0.493 e. The van der Waals surface area contributed by atoms with Crippen LogP contribution in [0.15, 0.2) is 48.5 Å². The van der Waals surface area contributed by atoms with Crippen molar-refractivity contribution in [3.8, 4) is 11.5 Å². The molecule has 0 radical (unpaired) electrons. The third-order valence-electron chi connectivity index (χ3n) is 3.79. The summed E-state index contributed by atoms with van der Waals surface area (Å²) in [6.45, 7) is 0.427. The summed E-state index contributed by atoms with van der Waals surface area (Å²) in [5.41, 5.74) is 1.92. The topological polar surface area (TPSA) is 50.8 Å². The van der Waals surface area contributed by atoms with Gasteiger partial charge in [-0.05, 0) is 37.4 Å². The van der Waals surface area contributed by atoms with Crippen molar-refractivity contribution in [3.63, 3.8) is 0 Å². The fraction of sp³-hybridized carbons (Fsp3) is 0.316. The van der Waals surface area contributed by atoms with Gasteiger partial charge < -0.3 is 14.8 Å². The lowest BCUT2D eigenvalue weighted by Crippen LogP contribution is -2.36. The van der Waals surface area contributed by atoms with Gasteiger partial charge in [-0.25, -0.2) is 0 Å². The number of nitrogens with one attached hydrogen (secondary N) is 1. The first-order valence-corrected chi connectivity index (χ1v) is 7.76. The predicted octanol–water partition coefficient (Wildman–Crippen LogP) is 2.62. The summed E-state index contributed by atoms with van der Waals surface area (Å²) >= 11 is 0. The van der Waals surface area contributed by atoms with E-state index in [1.807, 2.05) is 67.5 Å². The summed E-state index contributed by atoms with van der Waals surface area (Å²) in [7, 11) is 6.99. The second kappa shape index (κ2) is 8.36. The highest BCUT2D eigenvalue weighted by molar-refractivity contribution is 5.83. The van der Waals surface area contributed by atoms with Crippen LogP contribution in [0.4, 0.5) is 0 Å². The Bertz CT molecular complexity index is 672. The van der Waals surface area contributed by atoms with Gasteiger partial charge in [0.05, 0.1) is 14.2 Å². The molecule has 1 amide bonds. The van der Waals surface area contributed by atoms with Crippen molar-refractivity contribution in [2.24, 2.45) is 0 Å². The Kier molecular flexibility index (Phi) is 6.21. The van der Waals surface area contributed by atoms with Crippen molar-refractivity contribution in [1.82, 2.24) is 10.2 Å². The Morgan fingerprint density at radius 2 is 1.71 bits per heavy atom. The summed E-state index contributed by atoms with van der Waals surface area (Å²) < 4.78 is 10.5. The number of likely N-dealkylation sites (N-methyl/N-ethyl adjacent to an activating group) is 1. The van der Waals surface area contributed by atoms with Gasteiger partial charge in [0, 0.05) is 6.54 Å². The molecule has 0 bridgehead atoms. The van der Waals surface area contributed by atoms with Gasteiger partial charge >= 0.3 is 0 Å². The van der Waals surface area contributed by atoms with Gasteiger partial charge in [0.1, 0.15) is 6.04 Å². The van der Waals surface area contributed by atoms with E-state index in [0.717, 1.165) is 11.1 Å². The van der Waals surface area contributed by atoms with Gasteiger partial charge in [0.25, 0.3) is 0 Å². The van der Waals surface area contributed by atoms with Crippen LogP contribution in [-0.4, -0.2) is 39.1 Å². The van der Waals surface area contributed by atoms with Gasteiger partial charge in [-0.15, -0.1) is 0 Å². The quantitative estimate of drug-likeness (QED) is 0.849. The third kappa shape index (κ3) is 4.26. The first kappa shape index (κ1) is 17.8. The lowest BCUT2D eigenvalue weighted by molar-refractivity contribution is -0.125. The second-order valence-corrected chi connectivity index (χ2v) is 5.68. The normalized spacial score (nSPS) is 11.9. The Balaban J connectivity index is 2.08. The van der Waals surface area contributed by atoms with Crippen LogP contribution in [0.2, 0.25) is 0 Å². The molecule has 0 fully saturated rings. The first-order chi connectivity index (χ1) is 11.6. The van der Waals surface area contributed by atoms with Gasteiger partial charge in [0.2, 0.25) is 5.91 Å². The molecule has 0 aromatic heterocycles.